The van der Waals surface area contributed by atoms with Crippen molar-refractivity contribution in [1.29, 1.82) is 0 Å². The number of fused-ring (bicyclic) bond motifs is 1. The Bertz CT molecular complexity index is 764. The molecule has 116 valence electrons. The Balaban J connectivity index is 1.79. The first-order valence-corrected chi connectivity index (χ1v) is 8.34. The lowest BCUT2D eigenvalue weighted by Crippen LogP contribution is -2.37. The average Bonchev–Trinajstić information content (AvgIpc) is 3.21. The Morgan fingerprint density at radius 1 is 1.50 bits per heavy atom. The highest BCUT2D eigenvalue weighted by Crippen LogP contribution is 2.41. The van der Waals surface area contributed by atoms with Gasteiger partial charge in [0.2, 0.25) is 10.8 Å². The number of hydrogen-bond donors (Lipinski definition) is 1. The molecule has 1 aliphatic heterocycles. The van der Waals surface area contributed by atoms with E-state index in [0.717, 1.165) is 23.7 Å². The fourth-order valence-corrected chi connectivity index (χ4v) is 4.33. The second-order valence-corrected chi connectivity index (χ2v) is 6.91. The number of piperidine rings is 1. The van der Waals surface area contributed by atoms with Gasteiger partial charge in [-0.3, -0.25) is 4.90 Å². The highest BCUT2D eigenvalue weighted by Gasteiger charge is 2.33. The highest BCUT2D eigenvalue weighted by molar-refractivity contribution is 7.17. The molecule has 0 amide bonds. The second kappa shape index (κ2) is 5.40. The average molecular weight is 318 g/mol. The van der Waals surface area contributed by atoms with Crippen LogP contribution in [0.2, 0.25) is 0 Å². The number of hydrogen-bond acceptors (Lipinski definition) is 6. The first-order valence-electron chi connectivity index (χ1n) is 7.53. The molecule has 22 heavy (non-hydrogen) atoms. The minimum absolute atomic E-state index is 0.0775. The van der Waals surface area contributed by atoms with Crippen molar-refractivity contribution in [1.82, 2.24) is 19.5 Å². The van der Waals surface area contributed by atoms with Crippen molar-refractivity contribution in [3.63, 3.8) is 0 Å². The molecule has 2 atom stereocenters. The summed E-state index contributed by atoms with van der Waals surface area (Å²) in [6.07, 6.45) is 5.56. The van der Waals surface area contributed by atoms with Crippen LogP contribution in [0.25, 0.3) is 4.96 Å². The van der Waals surface area contributed by atoms with Crippen molar-refractivity contribution < 1.29 is 9.52 Å². The number of likely N-dealkylation sites (tertiary alicyclic amines) is 1. The molecule has 0 radical (unpaired) electrons. The third-order valence-corrected chi connectivity index (χ3v) is 5.34. The zero-order valence-corrected chi connectivity index (χ0v) is 13.2. The standard InChI is InChI=1S/C15H18N4O2S/c1-10-4-2-6-18(8-10)12(11-5-3-7-21-11)13-14(20)19-15(22-13)16-9-17-19/h3,5,7,9-10,12,20H,2,4,6,8H2,1H3/t10-,12+/m1/s1. The first-order chi connectivity index (χ1) is 10.7. The molecule has 7 heteroatoms. The smallest absolute Gasteiger partial charge is 0.230 e. The van der Waals surface area contributed by atoms with Crippen LogP contribution >= 0.6 is 11.3 Å². The van der Waals surface area contributed by atoms with Gasteiger partial charge in [0.1, 0.15) is 18.1 Å². The van der Waals surface area contributed by atoms with Crippen molar-refractivity contribution in [3.05, 3.63) is 35.4 Å². The van der Waals surface area contributed by atoms with E-state index in [-0.39, 0.29) is 11.9 Å². The van der Waals surface area contributed by atoms with Gasteiger partial charge in [-0.05, 0) is 37.4 Å². The maximum absolute atomic E-state index is 10.5. The fraction of sp³-hybridized carbons (Fsp3) is 0.467. The number of thiazole rings is 1. The molecule has 1 aliphatic rings. The summed E-state index contributed by atoms with van der Waals surface area (Å²) in [5, 5.41) is 14.6. The zero-order valence-electron chi connectivity index (χ0n) is 12.3. The maximum Gasteiger partial charge on any atom is 0.230 e. The van der Waals surface area contributed by atoms with Crippen molar-refractivity contribution in [2.24, 2.45) is 5.92 Å². The fourth-order valence-electron chi connectivity index (χ4n) is 3.25. The number of furan rings is 1. The largest absolute Gasteiger partial charge is 0.492 e. The van der Waals surface area contributed by atoms with E-state index in [4.69, 9.17) is 4.42 Å². The minimum atomic E-state index is -0.0775. The van der Waals surface area contributed by atoms with Gasteiger partial charge in [-0.1, -0.05) is 18.3 Å². The van der Waals surface area contributed by atoms with Crippen LogP contribution in [0, 0.1) is 5.92 Å². The summed E-state index contributed by atoms with van der Waals surface area (Å²) < 4.78 is 7.16. The second-order valence-electron chi connectivity index (χ2n) is 5.90. The monoisotopic (exact) mass is 318 g/mol. The molecule has 4 rings (SSSR count). The molecule has 1 N–H and O–H groups in total. The van der Waals surface area contributed by atoms with Crippen LogP contribution in [0.15, 0.2) is 29.1 Å². The molecule has 0 unspecified atom stereocenters. The first kappa shape index (κ1) is 13.8. The van der Waals surface area contributed by atoms with Crippen LogP contribution < -0.4 is 0 Å². The number of nitrogens with zero attached hydrogens (tertiary/aromatic N) is 4. The van der Waals surface area contributed by atoms with Gasteiger partial charge in [-0.15, -0.1) is 0 Å². The normalized spacial score (nSPS) is 21.4. The zero-order chi connectivity index (χ0) is 15.1. The summed E-state index contributed by atoms with van der Waals surface area (Å²) in [5.41, 5.74) is 0. The van der Waals surface area contributed by atoms with E-state index in [1.165, 1.54) is 35.0 Å². The minimum Gasteiger partial charge on any atom is -0.492 e. The molecule has 3 aromatic rings. The Hall–Kier alpha value is -1.86. The number of aromatic nitrogens is 3. The third-order valence-electron chi connectivity index (χ3n) is 4.25. The Labute approximate surface area is 132 Å². The van der Waals surface area contributed by atoms with Gasteiger partial charge in [0.15, 0.2) is 0 Å². The van der Waals surface area contributed by atoms with Crippen LogP contribution in [0.3, 0.4) is 0 Å². The quantitative estimate of drug-likeness (QED) is 0.804. The van der Waals surface area contributed by atoms with Crippen LogP contribution in [-0.2, 0) is 0 Å². The molecule has 0 bridgehead atoms. The van der Waals surface area contributed by atoms with Crippen molar-refractivity contribution in [2.75, 3.05) is 13.1 Å². The molecule has 6 nitrogen and oxygen atoms in total. The molecular weight excluding hydrogens is 300 g/mol. The SMILES string of the molecule is C[C@@H]1CCCN([C@@H](c2ccco2)c2sc3ncnn3c2O)C1. The summed E-state index contributed by atoms with van der Waals surface area (Å²) in [5.74, 6) is 1.67. The van der Waals surface area contributed by atoms with Crippen molar-refractivity contribution >= 4 is 16.3 Å². The van der Waals surface area contributed by atoms with E-state index < -0.39 is 0 Å². The lowest BCUT2D eigenvalue weighted by Gasteiger charge is -2.35. The summed E-state index contributed by atoms with van der Waals surface area (Å²) in [7, 11) is 0. The summed E-state index contributed by atoms with van der Waals surface area (Å²) >= 11 is 1.47. The van der Waals surface area contributed by atoms with Gasteiger partial charge >= 0.3 is 0 Å². The summed E-state index contributed by atoms with van der Waals surface area (Å²) in [4.78, 5) is 8.12. The summed E-state index contributed by atoms with van der Waals surface area (Å²) in [6.45, 7) is 4.27. The van der Waals surface area contributed by atoms with E-state index in [9.17, 15) is 5.11 Å². The van der Waals surface area contributed by atoms with Gasteiger partial charge in [-0.2, -0.15) is 9.61 Å². The lowest BCUT2D eigenvalue weighted by atomic mass is 9.97. The molecule has 1 saturated heterocycles. The van der Waals surface area contributed by atoms with Crippen LogP contribution in [0.5, 0.6) is 5.88 Å². The predicted octanol–water partition coefficient (Wildman–Crippen LogP) is 2.91. The Kier molecular flexibility index (Phi) is 3.38. The summed E-state index contributed by atoms with van der Waals surface area (Å²) in [6, 6.07) is 3.79. The van der Waals surface area contributed by atoms with Gasteiger partial charge in [0.05, 0.1) is 11.1 Å². The Morgan fingerprint density at radius 3 is 3.14 bits per heavy atom. The third kappa shape index (κ3) is 2.21. The molecule has 0 aromatic carbocycles. The van der Waals surface area contributed by atoms with Gasteiger partial charge in [0, 0.05) is 6.54 Å². The predicted molar refractivity (Wildman–Crippen MR) is 83.1 cm³/mol. The molecule has 0 aliphatic carbocycles. The molecule has 0 saturated carbocycles. The van der Waals surface area contributed by atoms with E-state index >= 15 is 0 Å². The molecule has 4 heterocycles. The van der Waals surface area contributed by atoms with E-state index in [0.29, 0.717) is 10.9 Å². The molecule has 1 fully saturated rings. The van der Waals surface area contributed by atoms with Crippen LogP contribution in [0.1, 0.15) is 36.4 Å². The van der Waals surface area contributed by atoms with E-state index in [1.807, 2.05) is 12.1 Å². The molecule has 0 spiro atoms. The van der Waals surface area contributed by atoms with Crippen molar-refractivity contribution in [3.8, 4) is 5.88 Å². The highest BCUT2D eigenvalue weighted by atomic mass is 32.1. The van der Waals surface area contributed by atoms with E-state index in [1.54, 1.807) is 6.26 Å². The Morgan fingerprint density at radius 2 is 2.41 bits per heavy atom. The lowest BCUT2D eigenvalue weighted by molar-refractivity contribution is 0.136. The van der Waals surface area contributed by atoms with Gasteiger partial charge in [0.25, 0.3) is 0 Å². The van der Waals surface area contributed by atoms with Gasteiger partial charge in [-0.25, -0.2) is 4.98 Å². The topological polar surface area (TPSA) is 66.8 Å². The van der Waals surface area contributed by atoms with Crippen LogP contribution in [-0.4, -0.2) is 37.7 Å². The van der Waals surface area contributed by atoms with E-state index in [2.05, 4.69) is 21.9 Å². The van der Waals surface area contributed by atoms with Crippen LogP contribution in [0.4, 0.5) is 0 Å². The number of rotatable bonds is 3. The number of aromatic hydroxyl groups is 1. The molecule has 3 aromatic heterocycles. The van der Waals surface area contributed by atoms with Gasteiger partial charge < -0.3 is 9.52 Å². The molecular formula is C15H18N4O2S. The van der Waals surface area contributed by atoms with Crippen molar-refractivity contribution in [2.45, 2.75) is 25.8 Å². The maximum atomic E-state index is 10.5.